The highest BCUT2D eigenvalue weighted by Gasteiger charge is 2.20. The van der Waals surface area contributed by atoms with E-state index in [9.17, 15) is 4.79 Å². The summed E-state index contributed by atoms with van der Waals surface area (Å²) < 4.78 is 0. The fourth-order valence-electron chi connectivity index (χ4n) is 3.32. The number of amides is 1. The van der Waals surface area contributed by atoms with Crippen LogP contribution in [0.5, 0.6) is 0 Å². The van der Waals surface area contributed by atoms with E-state index in [2.05, 4.69) is 90.5 Å². The summed E-state index contributed by atoms with van der Waals surface area (Å²) >= 11 is 1.74. The zero-order chi connectivity index (χ0) is 19.8. The van der Waals surface area contributed by atoms with Crippen LogP contribution in [0.15, 0.2) is 72.1 Å². The summed E-state index contributed by atoms with van der Waals surface area (Å²) in [5, 5.41) is 7.37. The lowest BCUT2D eigenvalue weighted by molar-refractivity contribution is -0.676. The van der Waals surface area contributed by atoms with Crippen LogP contribution >= 0.6 is 11.3 Å². The van der Waals surface area contributed by atoms with Crippen molar-refractivity contribution in [2.24, 2.45) is 0 Å². The quantitative estimate of drug-likeness (QED) is 0.570. The molecule has 0 fully saturated rings. The molecule has 4 heteroatoms. The molecule has 3 aromatic rings. The van der Waals surface area contributed by atoms with Crippen LogP contribution in [-0.4, -0.2) is 18.5 Å². The van der Waals surface area contributed by atoms with E-state index in [1.165, 1.54) is 21.6 Å². The Bertz CT molecular complexity index is 844. The van der Waals surface area contributed by atoms with Gasteiger partial charge in [-0.05, 0) is 43.7 Å². The van der Waals surface area contributed by atoms with Gasteiger partial charge in [0.1, 0.15) is 6.04 Å². The van der Waals surface area contributed by atoms with E-state index in [1.807, 2.05) is 6.07 Å². The van der Waals surface area contributed by atoms with E-state index in [1.54, 1.807) is 11.3 Å². The molecule has 3 nitrogen and oxygen atoms in total. The lowest BCUT2D eigenvalue weighted by Gasteiger charge is -2.17. The molecule has 0 aliphatic heterocycles. The number of nitrogens with two attached hydrogens (primary N) is 1. The molecule has 0 unspecified atom stereocenters. The number of carbonyl (C=O) groups excluding carboxylic acids is 1. The van der Waals surface area contributed by atoms with Crippen molar-refractivity contribution in [3.8, 4) is 0 Å². The van der Waals surface area contributed by atoms with Crippen LogP contribution < -0.4 is 10.6 Å². The fraction of sp³-hybridized carbons (Fsp3) is 0.292. The lowest BCUT2D eigenvalue weighted by Crippen LogP contribution is -2.87. The minimum atomic E-state index is 0.0919. The zero-order valence-corrected chi connectivity index (χ0v) is 17.4. The largest absolute Gasteiger partial charge is 0.349 e. The van der Waals surface area contributed by atoms with Crippen molar-refractivity contribution >= 4 is 17.2 Å². The van der Waals surface area contributed by atoms with Crippen LogP contribution in [-0.2, 0) is 11.2 Å². The van der Waals surface area contributed by atoms with Gasteiger partial charge in [-0.15, -0.1) is 11.3 Å². The Labute approximate surface area is 171 Å². The molecular formula is C24H29N2OS+. The molecule has 2 aromatic carbocycles. The van der Waals surface area contributed by atoms with Crippen LogP contribution in [0.4, 0.5) is 0 Å². The highest BCUT2D eigenvalue weighted by Crippen LogP contribution is 2.22. The van der Waals surface area contributed by atoms with Gasteiger partial charge in [0, 0.05) is 11.6 Å². The van der Waals surface area contributed by atoms with Gasteiger partial charge in [-0.1, -0.05) is 66.2 Å². The summed E-state index contributed by atoms with van der Waals surface area (Å²) in [6.07, 6.45) is 1.93. The van der Waals surface area contributed by atoms with Gasteiger partial charge in [-0.25, -0.2) is 0 Å². The third-order valence-corrected chi connectivity index (χ3v) is 5.90. The SMILES string of the molecule is Cc1ccc([C@H]([NH2+]CC(=O)N[C@@H](C)CCc2ccccc2)c2cccs2)cc1. The van der Waals surface area contributed by atoms with Crippen molar-refractivity contribution in [3.63, 3.8) is 0 Å². The first-order valence-corrected chi connectivity index (χ1v) is 10.8. The average molecular weight is 394 g/mol. The first kappa shape index (κ1) is 20.3. The zero-order valence-electron chi connectivity index (χ0n) is 16.6. The van der Waals surface area contributed by atoms with Gasteiger partial charge in [0.15, 0.2) is 6.54 Å². The second kappa shape index (κ2) is 10.2. The Morgan fingerprint density at radius 2 is 1.79 bits per heavy atom. The fourth-order valence-corrected chi connectivity index (χ4v) is 4.17. The molecule has 146 valence electrons. The predicted molar refractivity (Wildman–Crippen MR) is 117 cm³/mol. The number of hydrogen-bond acceptors (Lipinski definition) is 2. The molecule has 3 N–H and O–H groups in total. The van der Waals surface area contributed by atoms with E-state index in [4.69, 9.17) is 0 Å². The van der Waals surface area contributed by atoms with E-state index >= 15 is 0 Å². The number of quaternary nitrogens is 1. The van der Waals surface area contributed by atoms with Gasteiger partial charge in [-0.2, -0.15) is 0 Å². The van der Waals surface area contributed by atoms with Crippen molar-refractivity contribution in [1.82, 2.24) is 5.32 Å². The minimum Gasteiger partial charge on any atom is -0.349 e. The summed E-state index contributed by atoms with van der Waals surface area (Å²) in [6.45, 7) is 4.60. The molecule has 0 bridgehead atoms. The molecule has 1 aromatic heterocycles. The van der Waals surface area contributed by atoms with Gasteiger partial charge in [0.05, 0.1) is 4.88 Å². The van der Waals surface area contributed by atoms with E-state index in [0.717, 1.165) is 12.8 Å². The van der Waals surface area contributed by atoms with Crippen LogP contribution in [0.3, 0.4) is 0 Å². The van der Waals surface area contributed by atoms with Crippen molar-refractivity contribution in [3.05, 3.63) is 93.7 Å². The maximum absolute atomic E-state index is 12.5. The minimum absolute atomic E-state index is 0.0919. The van der Waals surface area contributed by atoms with Crippen molar-refractivity contribution in [2.45, 2.75) is 38.8 Å². The second-order valence-electron chi connectivity index (χ2n) is 7.34. The molecular weight excluding hydrogens is 364 g/mol. The molecule has 0 spiro atoms. The van der Waals surface area contributed by atoms with Gasteiger partial charge in [0.2, 0.25) is 0 Å². The Morgan fingerprint density at radius 1 is 1.04 bits per heavy atom. The van der Waals surface area contributed by atoms with Crippen LogP contribution in [0.25, 0.3) is 0 Å². The number of hydrogen-bond donors (Lipinski definition) is 2. The first-order chi connectivity index (χ1) is 13.6. The summed E-state index contributed by atoms with van der Waals surface area (Å²) in [4.78, 5) is 13.8. The number of nitrogens with one attached hydrogen (secondary N) is 1. The van der Waals surface area contributed by atoms with Gasteiger partial charge < -0.3 is 10.6 Å². The number of rotatable bonds is 9. The van der Waals surface area contributed by atoms with Crippen LogP contribution in [0, 0.1) is 6.92 Å². The molecule has 2 atom stereocenters. The average Bonchev–Trinajstić information content (AvgIpc) is 3.23. The lowest BCUT2D eigenvalue weighted by atomic mass is 10.0. The van der Waals surface area contributed by atoms with E-state index < -0.39 is 0 Å². The summed E-state index contributed by atoms with van der Waals surface area (Å²) in [7, 11) is 0. The second-order valence-corrected chi connectivity index (χ2v) is 8.32. The van der Waals surface area contributed by atoms with Gasteiger partial charge in [0.25, 0.3) is 5.91 Å². The molecule has 0 aliphatic carbocycles. The monoisotopic (exact) mass is 393 g/mol. The molecule has 0 radical (unpaired) electrons. The predicted octanol–water partition coefficient (Wildman–Crippen LogP) is 3.85. The molecule has 0 saturated carbocycles. The van der Waals surface area contributed by atoms with Crippen LogP contribution in [0.2, 0.25) is 0 Å². The summed E-state index contributed by atoms with van der Waals surface area (Å²) in [5.41, 5.74) is 3.80. The van der Waals surface area contributed by atoms with Crippen LogP contribution in [0.1, 0.15) is 41.0 Å². The number of aryl methyl sites for hydroxylation is 2. The summed E-state index contributed by atoms with van der Waals surface area (Å²) in [5.74, 6) is 0.0919. The molecule has 28 heavy (non-hydrogen) atoms. The number of benzene rings is 2. The highest BCUT2D eigenvalue weighted by molar-refractivity contribution is 7.10. The third kappa shape index (κ3) is 6.04. The first-order valence-electron chi connectivity index (χ1n) is 9.88. The third-order valence-electron chi connectivity index (χ3n) is 4.94. The molecule has 3 rings (SSSR count). The molecule has 1 amide bonds. The standard InChI is InChI=1S/C24H28N2OS/c1-18-10-14-21(15-11-18)24(22-9-6-16-28-22)25-17-23(27)26-19(2)12-13-20-7-4-3-5-8-20/h3-11,14-16,19,24-25H,12-13,17H2,1-2H3,(H,26,27)/p+1/t19-,24-/m0/s1. The molecule has 1 heterocycles. The Balaban J connectivity index is 1.52. The summed E-state index contributed by atoms with van der Waals surface area (Å²) in [6, 6.07) is 23.6. The maximum atomic E-state index is 12.5. The molecule has 0 aliphatic rings. The van der Waals surface area contributed by atoms with E-state index in [-0.39, 0.29) is 18.0 Å². The van der Waals surface area contributed by atoms with Crippen molar-refractivity contribution < 1.29 is 10.1 Å². The normalized spacial score (nSPS) is 13.1. The Morgan fingerprint density at radius 3 is 2.46 bits per heavy atom. The Hall–Kier alpha value is -2.43. The van der Waals surface area contributed by atoms with Crippen molar-refractivity contribution in [2.75, 3.05) is 6.54 Å². The van der Waals surface area contributed by atoms with Gasteiger partial charge >= 0.3 is 0 Å². The maximum Gasteiger partial charge on any atom is 0.275 e. The number of carbonyl (C=O) groups is 1. The van der Waals surface area contributed by atoms with Gasteiger partial charge in [-0.3, -0.25) is 4.79 Å². The highest BCUT2D eigenvalue weighted by atomic mass is 32.1. The smallest absolute Gasteiger partial charge is 0.275 e. The number of thiophene rings is 1. The van der Waals surface area contributed by atoms with Crippen molar-refractivity contribution in [1.29, 1.82) is 0 Å². The molecule has 0 saturated heterocycles. The van der Waals surface area contributed by atoms with E-state index in [0.29, 0.717) is 6.54 Å². The topological polar surface area (TPSA) is 45.7 Å². The Kier molecular flexibility index (Phi) is 7.40.